The summed E-state index contributed by atoms with van der Waals surface area (Å²) in [5, 5.41) is 5.30. The number of methoxy groups -OCH3 is 1. The molecule has 1 heterocycles. The summed E-state index contributed by atoms with van der Waals surface area (Å²) in [6, 6.07) is 13.4. The van der Waals surface area contributed by atoms with Gasteiger partial charge in [-0.25, -0.2) is 9.37 Å². The average Bonchev–Trinajstić information content (AvgIpc) is 3.12. The van der Waals surface area contributed by atoms with E-state index < -0.39 is 0 Å². The van der Waals surface area contributed by atoms with Gasteiger partial charge in [0, 0.05) is 16.5 Å². The van der Waals surface area contributed by atoms with Crippen molar-refractivity contribution in [2.24, 2.45) is 0 Å². The first-order valence-corrected chi connectivity index (χ1v) is 8.61. The molecular weight excluding hydrogens is 339 g/mol. The zero-order valence-corrected chi connectivity index (χ0v) is 14.6. The fourth-order valence-electron chi connectivity index (χ4n) is 2.48. The van der Waals surface area contributed by atoms with Crippen LogP contribution in [-0.2, 0) is 0 Å². The van der Waals surface area contributed by atoms with Gasteiger partial charge in [-0.2, -0.15) is 0 Å². The Balaban J connectivity index is 1.74. The molecule has 2 aromatic carbocycles. The minimum Gasteiger partial charge on any atom is -0.496 e. The number of hydrogen-bond donors (Lipinski definition) is 1. The molecule has 0 unspecified atom stereocenters. The second kappa shape index (κ2) is 7.44. The molecule has 4 nitrogen and oxygen atoms in total. The maximum Gasteiger partial charge on any atom is 0.271 e. The molecular formula is C19H17FN2O2S. The highest BCUT2D eigenvalue weighted by Gasteiger charge is 2.17. The first kappa shape index (κ1) is 17.1. The van der Waals surface area contributed by atoms with Crippen LogP contribution in [0.3, 0.4) is 0 Å². The summed E-state index contributed by atoms with van der Waals surface area (Å²) in [5.74, 6) is 0.160. The first-order valence-electron chi connectivity index (χ1n) is 7.73. The summed E-state index contributed by atoms with van der Waals surface area (Å²) in [5.41, 5.74) is 2.02. The van der Waals surface area contributed by atoms with Gasteiger partial charge < -0.3 is 10.1 Å². The van der Waals surface area contributed by atoms with E-state index in [0.717, 1.165) is 16.9 Å². The first-order chi connectivity index (χ1) is 12.1. The van der Waals surface area contributed by atoms with Gasteiger partial charge in [-0.15, -0.1) is 11.3 Å². The Morgan fingerprint density at radius 2 is 1.92 bits per heavy atom. The molecule has 1 N–H and O–H groups in total. The molecule has 6 heteroatoms. The number of ether oxygens (including phenoxy) is 1. The molecule has 0 aliphatic rings. The highest BCUT2D eigenvalue weighted by Crippen LogP contribution is 2.26. The van der Waals surface area contributed by atoms with E-state index in [1.54, 1.807) is 24.6 Å². The van der Waals surface area contributed by atoms with Crippen molar-refractivity contribution in [2.45, 2.75) is 13.0 Å². The van der Waals surface area contributed by atoms with Gasteiger partial charge >= 0.3 is 0 Å². The van der Waals surface area contributed by atoms with Crippen molar-refractivity contribution in [1.82, 2.24) is 10.3 Å². The second-order valence-corrected chi connectivity index (χ2v) is 6.34. The molecule has 1 amide bonds. The normalized spacial score (nSPS) is 11.8. The van der Waals surface area contributed by atoms with Crippen LogP contribution in [0.5, 0.6) is 5.75 Å². The number of amides is 1. The predicted molar refractivity (Wildman–Crippen MR) is 96.4 cm³/mol. The molecule has 0 radical (unpaired) electrons. The zero-order valence-electron chi connectivity index (χ0n) is 13.8. The summed E-state index contributed by atoms with van der Waals surface area (Å²) < 4.78 is 18.3. The molecule has 0 aliphatic heterocycles. The summed E-state index contributed by atoms with van der Waals surface area (Å²) in [6.07, 6.45) is 0. The van der Waals surface area contributed by atoms with Crippen molar-refractivity contribution >= 4 is 17.2 Å². The van der Waals surface area contributed by atoms with Crippen molar-refractivity contribution < 1.29 is 13.9 Å². The number of carbonyl (C=O) groups excluding carboxylic acids is 1. The smallest absolute Gasteiger partial charge is 0.271 e. The standard InChI is InChI=1S/C19H17FN2O2S/c1-12(15-5-3-4-6-17(15)24-2)21-18(23)16-11-25-19(22-16)13-7-9-14(20)10-8-13/h3-12H,1-2H3,(H,21,23)/t12-/m1/s1. The topological polar surface area (TPSA) is 51.2 Å². The highest BCUT2D eigenvalue weighted by molar-refractivity contribution is 7.13. The largest absolute Gasteiger partial charge is 0.496 e. The maximum atomic E-state index is 13.0. The van der Waals surface area contributed by atoms with Crippen LogP contribution < -0.4 is 10.1 Å². The number of nitrogens with zero attached hydrogens (tertiary/aromatic N) is 1. The van der Waals surface area contributed by atoms with Crippen molar-refractivity contribution in [3.8, 4) is 16.3 Å². The van der Waals surface area contributed by atoms with Crippen LogP contribution in [0.15, 0.2) is 53.9 Å². The van der Waals surface area contributed by atoms with Gasteiger partial charge in [-0.05, 0) is 37.3 Å². The lowest BCUT2D eigenvalue weighted by atomic mass is 10.1. The Morgan fingerprint density at radius 1 is 1.20 bits per heavy atom. The predicted octanol–water partition coefficient (Wildman–Crippen LogP) is 4.45. The van der Waals surface area contributed by atoms with Crippen LogP contribution in [0.4, 0.5) is 4.39 Å². The Bertz CT molecular complexity index is 877. The van der Waals surface area contributed by atoms with E-state index in [1.165, 1.54) is 23.5 Å². The van der Waals surface area contributed by atoms with Gasteiger partial charge in [0.25, 0.3) is 5.91 Å². The monoisotopic (exact) mass is 356 g/mol. The Kier molecular flexibility index (Phi) is 5.09. The van der Waals surface area contributed by atoms with Crippen molar-refractivity contribution in [3.05, 3.63) is 71.0 Å². The van der Waals surface area contributed by atoms with Crippen LogP contribution in [0.2, 0.25) is 0 Å². The molecule has 0 saturated carbocycles. The number of carbonyl (C=O) groups is 1. The lowest BCUT2D eigenvalue weighted by Gasteiger charge is -2.16. The van der Waals surface area contributed by atoms with Crippen molar-refractivity contribution in [2.75, 3.05) is 7.11 Å². The van der Waals surface area contributed by atoms with Crippen LogP contribution in [0.25, 0.3) is 10.6 Å². The highest BCUT2D eigenvalue weighted by atomic mass is 32.1. The van der Waals surface area contributed by atoms with E-state index in [0.29, 0.717) is 10.7 Å². The molecule has 3 rings (SSSR count). The van der Waals surface area contributed by atoms with E-state index in [9.17, 15) is 9.18 Å². The number of hydrogen-bond acceptors (Lipinski definition) is 4. The second-order valence-electron chi connectivity index (χ2n) is 5.48. The molecule has 25 heavy (non-hydrogen) atoms. The third-order valence-electron chi connectivity index (χ3n) is 3.78. The SMILES string of the molecule is COc1ccccc1[C@@H](C)NC(=O)c1csc(-c2ccc(F)cc2)n1. The van der Waals surface area contributed by atoms with Crippen LogP contribution >= 0.6 is 11.3 Å². The minimum absolute atomic E-state index is 0.223. The third-order valence-corrected chi connectivity index (χ3v) is 4.67. The summed E-state index contributed by atoms with van der Waals surface area (Å²) >= 11 is 1.35. The molecule has 0 spiro atoms. The van der Waals surface area contributed by atoms with Gasteiger partial charge in [0.1, 0.15) is 22.3 Å². The van der Waals surface area contributed by atoms with E-state index in [1.807, 2.05) is 31.2 Å². The number of rotatable bonds is 5. The Morgan fingerprint density at radius 3 is 2.64 bits per heavy atom. The molecule has 0 bridgehead atoms. The number of thiazole rings is 1. The van der Waals surface area contributed by atoms with Crippen LogP contribution in [0, 0.1) is 5.82 Å². The van der Waals surface area contributed by atoms with Gasteiger partial charge in [-0.1, -0.05) is 18.2 Å². The average molecular weight is 356 g/mol. The van der Waals surface area contributed by atoms with Crippen LogP contribution in [0.1, 0.15) is 29.0 Å². The molecule has 0 fully saturated rings. The van der Waals surface area contributed by atoms with Gasteiger partial charge in [0.15, 0.2) is 0 Å². The maximum absolute atomic E-state index is 13.0. The number of para-hydroxylation sites is 1. The summed E-state index contributed by atoms with van der Waals surface area (Å²) in [4.78, 5) is 16.8. The fourth-order valence-corrected chi connectivity index (χ4v) is 3.28. The number of benzene rings is 2. The van der Waals surface area contributed by atoms with E-state index in [2.05, 4.69) is 10.3 Å². The third kappa shape index (κ3) is 3.85. The molecule has 3 aromatic rings. The molecule has 1 atom stereocenters. The number of nitrogens with one attached hydrogen (secondary N) is 1. The van der Waals surface area contributed by atoms with Gasteiger partial charge in [-0.3, -0.25) is 4.79 Å². The van der Waals surface area contributed by atoms with Gasteiger partial charge in [0.2, 0.25) is 0 Å². The van der Waals surface area contributed by atoms with Crippen molar-refractivity contribution in [1.29, 1.82) is 0 Å². The number of aromatic nitrogens is 1. The molecule has 1 aromatic heterocycles. The summed E-state index contributed by atoms with van der Waals surface area (Å²) in [7, 11) is 1.60. The van der Waals surface area contributed by atoms with E-state index >= 15 is 0 Å². The quantitative estimate of drug-likeness (QED) is 0.735. The van der Waals surface area contributed by atoms with Crippen LogP contribution in [-0.4, -0.2) is 18.0 Å². The Labute approximate surface area is 149 Å². The molecule has 0 saturated heterocycles. The van der Waals surface area contributed by atoms with Gasteiger partial charge in [0.05, 0.1) is 13.2 Å². The Hall–Kier alpha value is -2.73. The fraction of sp³-hybridized carbons (Fsp3) is 0.158. The molecule has 0 aliphatic carbocycles. The lowest BCUT2D eigenvalue weighted by molar-refractivity contribution is 0.0935. The van der Waals surface area contributed by atoms with E-state index in [-0.39, 0.29) is 17.8 Å². The van der Waals surface area contributed by atoms with Crippen molar-refractivity contribution in [3.63, 3.8) is 0 Å². The summed E-state index contributed by atoms with van der Waals surface area (Å²) in [6.45, 7) is 1.89. The molecule has 128 valence electrons. The lowest BCUT2D eigenvalue weighted by Crippen LogP contribution is -2.27. The van der Waals surface area contributed by atoms with E-state index in [4.69, 9.17) is 4.74 Å². The number of halogens is 1. The minimum atomic E-state index is -0.302. The zero-order chi connectivity index (χ0) is 17.8.